The van der Waals surface area contributed by atoms with Crippen molar-refractivity contribution in [3.8, 4) is 0 Å². The zero-order valence-electron chi connectivity index (χ0n) is 53.0. The molecule has 1 aliphatic heterocycles. The van der Waals surface area contributed by atoms with E-state index >= 15 is 0 Å². The number of hydrogen-bond donors (Lipinski definition) is 6. The lowest BCUT2D eigenvalue weighted by atomic mass is 9.99. The fraction of sp³-hybridized carbons (Fsp3) is 0.847. The van der Waals surface area contributed by atoms with Crippen molar-refractivity contribution in [1.29, 1.82) is 0 Å². The molecular formula is C72H133NO8. The molecule has 9 heteroatoms. The van der Waals surface area contributed by atoms with Gasteiger partial charge in [-0.1, -0.05) is 312 Å². The summed E-state index contributed by atoms with van der Waals surface area (Å²) in [5.41, 5.74) is 0. The minimum atomic E-state index is -1.58. The van der Waals surface area contributed by atoms with Gasteiger partial charge in [0.15, 0.2) is 6.29 Å². The van der Waals surface area contributed by atoms with Crippen molar-refractivity contribution < 1.29 is 39.8 Å². The van der Waals surface area contributed by atoms with Crippen LogP contribution in [0.1, 0.15) is 335 Å². The molecule has 9 nitrogen and oxygen atoms in total. The Hall–Kier alpha value is -2.11. The first kappa shape index (κ1) is 76.9. The Bertz CT molecular complexity index is 1460. The van der Waals surface area contributed by atoms with E-state index in [2.05, 4.69) is 67.8 Å². The molecule has 1 heterocycles. The molecule has 0 aromatic heterocycles. The molecule has 0 aromatic carbocycles. The van der Waals surface area contributed by atoms with Crippen molar-refractivity contribution in [3.63, 3.8) is 0 Å². The van der Waals surface area contributed by atoms with Gasteiger partial charge >= 0.3 is 0 Å². The number of carbonyl (C=O) groups is 1. The second-order valence-corrected chi connectivity index (χ2v) is 24.3. The first-order valence-electron chi connectivity index (χ1n) is 35.0. The second kappa shape index (κ2) is 61.0. The van der Waals surface area contributed by atoms with E-state index in [9.17, 15) is 30.3 Å². The van der Waals surface area contributed by atoms with Crippen molar-refractivity contribution >= 4 is 5.91 Å². The molecule has 1 saturated heterocycles. The summed E-state index contributed by atoms with van der Waals surface area (Å²) in [6, 6.07) is -0.831. The highest BCUT2D eigenvalue weighted by Gasteiger charge is 2.44. The molecule has 1 rings (SSSR count). The predicted octanol–water partition coefficient (Wildman–Crippen LogP) is 19.0. The van der Waals surface area contributed by atoms with Crippen molar-refractivity contribution in [3.05, 3.63) is 60.8 Å². The minimum absolute atomic E-state index is 0.187. The highest BCUT2D eigenvalue weighted by atomic mass is 16.7. The molecule has 81 heavy (non-hydrogen) atoms. The molecule has 474 valence electrons. The average Bonchev–Trinajstić information content (AvgIpc) is 3.51. The van der Waals surface area contributed by atoms with Gasteiger partial charge in [0.05, 0.1) is 25.4 Å². The van der Waals surface area contributed by atoms with Gasteiger partial charge in [-0.15, -0.1) is 0 Å². The van der Waals surface area contributed by atoms with E-state index in [0.717, 1.165) is 51.4 Å². The fourth-order valence-electron chi connectivity index (χ4n) is 11.0. The molecule has 6 N–H and O–H groups in total. The molecule has 1 aliphatic rings. The molecule has 0 saturated carbocycles. The van der Waals surface area contributed by atoms with Gasteiger partial charge in [-0.3, -0.25) is 4.79 Å². The maximum Gasteiger partial charge on any atom is 0.220 e. The first-order valence-corrected chi connectivity index (χ1v) is 35.0. The lowest BCUT2D eigenvalue weighted by Crippen LogP contribution is -2.60. The second-order valence-electron chi connectivity index (χ2n) is 24.3. The normalized spacial score (nSPS) is 18.7. The Morgan fingerprint density at radius 2 is 0.741 bits per heavy atom. The number of nitrogens with one attached hydrogen (secondary N) is 1. The molecule has 0 aromatic rings. The fourth-order valence-corrected chi connectivity index (χ4v) is 11.0. The monoisotopic (exact) mass is 1140 g/mol. The summed E-state index contributed by atoms with van der Waals surface area (Å²) in [4.78, 5) is 13.1. The summed E-state index contributed by atoms with van der Waals surface area (Å²) < 4.78 is 11.3. The van der Waals surface area contributed by atoms with E-state index in [4.69, 9.17) is 9.47 Å². The van der Waals surface area contributed by atoms with Gasteiger partial charge in [0, 0.05) is 6.42 Å². The largest absolute Gasteiger partial charge is 0.394 e. The van der Waals surface area contributed by atoms with Crippen LogP contribution in [-0.2, 0) is 14.3 Å². The van der Waals surface area contributed by atoms with Gasteiger partial charge in [0.1, 0.15) is 24.4 Å². The first-order chi connectivity index (χ1) is 39.8. The highest BCUT2D eigenvalue weighted by Crippen LogP contribution is 2.23. The zero-order valence-corrected chi connectivity index (χ0v) is 53.0. The van der Waals surface area contributed by atoms with Gasteiger partial charge < -0.3 is 40.3 Å². The minimum Gasteiger partial charge on any atom is -0.394 e. The number of allylic oxidation sites excluding steroid dienone is 9. The maximum absolute atomic E-state index is 13.1. The summed E-state index contributed by atoms with van der Waals surface area (Å²) in [6.07, 6.45) is 77.6. The Labute approximate surface area is 500 Å². The molecule has 0 spiro atoms. The zero-order chi connectivity index (χ0) is 58.6. The molecule has 7 unspecified atom stereocenters. The number of aliphatic hydroxyl groups excluding tert-OH is 5. The quantitative estimate of drug-likeness (QED) is 0.0261. The van der Waals surface area contributed by atoms with Crippen molar-refractivity contribution in [2.45, 2.75) is 378 Å². The van der Waals surface area contributed by atoms with Crippen molar-refractivity contribution in [2.75, 3.05) is 13.2 Å². The molecule has 1 fully saturated rings. The van der Waals surface area contributed by atoms with Crippen LogP contribution in [0, 0.1) is 0 Å². The van der Waals surface area contributed by atoms with E-state index < -0.39 is 49.5 Å². The van der Waals surface area contributed by atoms with Crippen molar-refractivity contribution in [2.24, 2.45) is 0 Å². The lowest BCUT2D eigenvalue weighted by Gasteiger charge is -2.40. The summed E-state index contributed by atoms with van der Waals surface area (Å²) in [5, 5.41) is 54.7. The molecule has 1 amide bonds. The van der Waals surface area contributed by atoms with Crippen LogP contribution < -0.4 is 5.32 Å². The molecular weight excluding hydrogens is 1010 g/mol. The van der Waals surface area contributed by atoms with Crippen LogP contribution in [0.3, 0.4) is 0 Å². The Morgan fingerprint density at radius 1 is 0.420 bits per heavy atom. The van der Waals surface area contributed by atoms with E-state index in [1.807, 2.05) is 6.08 Å². The summed E-state index contributed by atoms with van der Waals surface area (Å²) in [7, 11) is 0. The van der Waals surface area contributed by atoms with Crippen LogP contribution >= 0.6 is 0 Å². The molecule has 7 atom stereocenters. The van der Waals surface area contributed by atoms with Crippen LogP contribution in [0.2, 0.25) is 0 Å². The SMILES string of the molecule is CCCCCCC/C=C\C/C=C\CCCCCCCCCCCCCCCCCCCC(=O)NC(COC1OC(CO)C(O)C(O)C1O)C(O)/C=C/CC/C=C/CC/C=C/CCCCCCCCCCCCCCCCCCCCC. The third-order valence-electron chi connectivity index (χ3n) is 16.5. The van der Waals surface area contributed by atoms with Crippen LogP contribution in [0.25, 0.3) is 0 Å². The van der Waals surface area contributed by atoms with Gasteiger partial charge in [0.2, 0.25) is 5.91 Å². The third-order valence-corrected chi connectivity index (χ3v) is 16.5. The van der Waals surface area contributed by atoms with Crippen LogP contribution in [0.5, 0.6) is 0 Å². The number of carbonyl (C=O) groups excluding carboxylic acids is 1. The van der Waals surface area contributed by atoms with Gasteiger partial charge in [-0.2, -0.15) is 0 Å². The van der Waals surface area contributed by atoms with Crippen LogP contribution in [-0.4, -0.2) is 87.5 Å². The Balaban J connectivity index is 2.17. The topological polar surface area (TPSA) is 149 Å². The summed E-state index contributed by atoms with van der Waals surface area (Å²) in [6.45, 7) is 3.79. The Morgan fingerprint density at radius 3 is 1.11 bits per heavy atom. The van der Waals surface area contributed by atoms with E-state index in [1.165, 1.54) is 263 Å². The predicted molar refractivity (Wildman–Crippen MR) is 346 cm³/mol. The number of ether oxygens (including phenoxy) is 2. The number of rotatable bonds is 61. The number of amides is 1. The smallest absolute Gasteiger partial charge is 0.220 e. The van der Waals surface area contributed by atoms with E-state index in [0.29, 0.717) is 6.42 Å². The van der Waals surface area contributed by atoms with E-state index in [1.54, 1.807) is 6.08 Å². The average molecular weight is 1140 g/mol. The van der Waals surface area contributed by atoms with Gasteiger partial charge in [0.25, 0.3) is 0 Å². The standard InChI is InChI=1S/C72H133NO8/c1-3-5-7-9-11-13-15-17-19-21-23-25-27-29-31-33-35-37-39-41-43-45-47-49-51-53-55-57-59-61-66(75)65(64-80-72-71(79)70(78)69(77)67(63-74)81-72)73-68(76)62-60-58-56-54-52-50-48-46-44-42-40-38-36-34-32-30-28-26-24-22-20-18-16-14-12-10-8-6-4-2/h16,18,22,24,43,45,51,53,59,61,65-67,69-72,74-75,77-79H,3-15,17,19-21,23,25-42,44,46-50,52,54-58,60,62-64H2,1-2H3,(H,73,76)/b18-16-,24-22-,45-43+,53-51+,61-59+. The number of unbranched alkanes of at least 4 members (excludes halogenated alkanes) is 43. The van der Waals surface area contributed by atoms with Crippen LogP contribution in [0.4, 0.5) is 0 Å². The molecule has 0 aliphatic carbocycles. The number of hydrogen-bond acceptors (Lipinski definition) is 8. The van der Waals surface area contributed by atoms with Crippen molar-refractivity contribution in [1.82, 2.24) is 5.32 Å². The summed E-state index contributed by atoms with van der Waals surface area (Å²) in [5.74, 6) is -0.187. The molecule has 0 radical (unpaired) electrons. The maximum atomic E-state index is 13.1. The Kier molecular flexibility index (Phi) is 57.9. The van der Waals surface area contributed by atoms with E-state index in [-0.39, 0.29) is 12.5 Å². The number of aliphatic hydroxyl groups is 5. The summed E-state index contributed by atoms with van der Waals surface area (Å²) >= 11 is 0. The van der Waals surface area contributed by atoms with Gasteiger partial charge in [-0.25, -0.2) is 0 Å². The lowest BCUT2D eigenvalue weighted by molar-refractivity contribution is -0.302. The third kappa shape index (κ3) is 49.8. The molecule has 0 bridgehead atoms. The van der Waals surface area contributed by atoms with Crippen LogP contribution in [0.15, 0.2) is 60.8 Å². The highest BCUT2D eigenvalue weighted by molar-refractivity contribution is 5.76. The van der Waals surface area contributed by atoms with Gasteiger partial charge in [-0.05, 0) is 77.0 Å².